The van der Waals surface area contributed by atoms with Crippen LogP contribution in [0.3, 0.4) is 0 Å². The summed E-state index contributed by atoms with van der Waals surface area (Å²) in [5.74, 6) is 0. The first kappa shape index (κ1) is 12.1. The third-order valence-corrected chi connectivity index (χ3v) is 4.16. The molecule has 0 spiro atoms. The number of aliphatic hydroxyl groups excluding tert-OH is 1. The van der Waals surface area contributed by atoms with Gasteiger partial charge in [0.05, 0.1) is 0 Å². The lowest BCUT2D eigenvalue weighted by Gasteiger charge is -2.11. The van der Waals surface area contributed by atoms with Gasteiger partial charge in [-0.3, -0.25) is 0 Å². The average molecular weight is 318 g/mol. The van der Waals surface area contributed by atoms with Crippen molar-refractivity contribution in [2.75, 3.05) is 0 Å². The highest BCUT2D eigenvalue weighted by Gasteiger charge is 2.15. The topological polar surface area (TPSA) is 20.2 Å². The number of benzene rings is 1. The highest BCUT2D eigenvalue weighted by molar-refractivity contribution is 9.10. The molecule has 4 heteroatoms. The van der Waals surface area contributed by atoms with Gasteiger partial charge in [-0.2, -0.15) is 0 Å². The number of aliphatic hydroxyl groups is 1. The molecule has 1 heterocycles. The van der Waals surface area contributed by atoms with Crippen molar-refractivity contribution in [3.8, 4) is 0 Å². The summed E-state index contributed by atoms with van der Waals surface area (Å²) in [4.78, 5) is 2.10. The van der Waals surface area contributed by atoms with Crippen LogP contribution in [0.1, 0.15) is 21.4 Å². The minimum absolute atomic E-state index is 0.577. The molecule has 0 aliphatic rings. The van der Waals surface area contributed by atoms with E-state index in [1.807, 2.05) is 31.2 Å². The van der Waals surface area contributed by atoms with Gasteiger partial charge in [0.2, 0.25) is 0 Å². The van der Waals surface area contributed by atoms with Crippen LogP contribution in [0.15, 0.2) is 34.8 Å². The van der Waals surface area contributed by atoms with E-state index < -0.39 is 6.10 Å². The van der Waals surface area contributed by atoms with Gasteiger partial charge in [-0.05, 0) is 31.2 Å². The van der Waals surface area contributed by atoms with E-state index in [1.165, 1.54) is 4.88 Å². The van der Waals surface area contributed by atoms with Gasteiger partial charge in [0.1, 0.15) is 6.10 Å². The Morgan fingerprint density at radius 3 is 2.62 bits per heavy atom. The maximum absolute atomic E-state index is 10.2. The van der Waals surface area contributed by atoms with Gasteiger partial charge in [-0.1, -0.05) is 33.6 Å². The van der Waals surface area contributed by atoms with Crippen LogP contribution in [-0.2, 0) is 0 Å². The molecule has 1 N–H and O–H groups in total. The van der Waals surface area contributed by atoms with Crippen LogP contribution in [0.25, 0.3) is 0 Å². The fraction of sp³-hybridized carbons (Fsp3) is 0.167. The molecule has 0 aliphatic heterocycles. The molecular formula is C12H10BrClOS. The zero-order chi connectivity index (χ0) is 11.7. The van der Waals surface area contributed by atoms with Gasteiger partial charge in [0.15, 0.2) is 0 Å². The summed E-state index contributed by atoms with van der Waals surface area (Å²) >= 11 is 11.0. The normalized spacial score (nSPS) is 12.8. The van der Waals surface area contributed by atoms with Crippen LogP contribution in [0.5, 0.6) is 0 Å². The van der Waals surface area contributed by atoms with E-state index in [-0.39, 0.29) is 0 Å². The Kier molecular flexibility index (Phi) is 3.70. The van der Waals surface area contributed by atoms with Gasteiger partial charge < -0.3 is 5.11 Å². The summed E-state index contributed by atoms with van der Waals surface area (Å²) in [5, 5.41) is 10.8. The van der Waals surface area contributed by atoms with E-state index in [0.717, 1.165) is 14.9 Å². The first-order valence-corrected chi connectivity index (χ1v) is 6.76. The Hall–Kier alpha value is -0.350. The zero-order valence-corrected chi connectivity index (χ0v) is 11.7. The Morgan fingerprint density at radius 2 is 2.06 bits per heavy atom. The molecule has 16 heavy (non-hydrogen) atoms. The fourth-order valence-electron chi connectivity index (χ4n) is 1.48. The van der Waals surface area contributed by atoms with E-state index in [4.69, 9.17) is 11.6 Å². The summed E-state index contributed by atoms with van der Waals surface area (Å²) in [5.41, 5.74) is 0.742. The molecule has 0 saturated heterocycles. The van der Waals surface area contributed by atoms with Crippen molar-refractivity contribution in [3.05, 3.63) is 55.1 Å². The molecule has 84 valence electrons. The van der Waals surface area contributed by atoms with Crippen molar-refractivity contribution < 1.29 is 5.11 Å². The second-order valence-electron chi connectivity index (χ2n) is 3.52. The molecule has 1 atom stereocenters. The monoisotopic (exact) mass is 316 g/mol. The number of hydrogen-bond donors (Lipinski definition) is 1. The molecule has 0 fully saturated rings. The van der Waals surface area contributed by atoms with Crippen molar-refractivity contribution in [1.82, 2.24) is 0 Å². The van der Waals surface area contributed by atoms with Crippen LogP contribution in [0.4, 0.5) is 0 Å². The lowest BCUT2D eigenvalue weighted by Crippen LogP contribution is -1.97. The smallest absolute Gasteiger partial charge is 0.115 e. The molecule has 1 nitrogen and oxygen atoms in total. The van der Waals surface area contributed by atoms with Crippen LogP contribution in [0.2, 0.25) is 5.02 Å². The Balaban J connectivity index is 2.37. The van der Waals surface area contributed by atoms with Gasteiger partial charge in [-0.15, -0.1) is 11.3 Å². The van der Waals surface area contributed by atoms with Crippen molar-refractivity contribution in [3.63, 3.8) is 0 Å². The largest absolute Gasteiger partial charge is 0.383 e. The molecule has 0 aliphatic carbocycles. The molecular weight excluding hydrogens is 308 g/mol. The van der Waals surface area contributed by atoms with Crippen molar-refractivity contribution in [2.24, 2.45) is 0 Å². The predicted octanol–water partition coefficient (Wildman–Crippen LogP) is 4.55. The fourth-order valence-corrected chi connectivity index (χ4v) is 3.14. The summed E-state index contributed by atoms with van der Waals surface area (Å²) in [7, 11) is 0. The third-order valence-electron chi connectivity index (χ3n) is 2.29. The van der Waals surface area contributed by atoms with Crippen LogP contribution in [0, 0.1) is 6.92 Å². The van der Waals surface area contributed by atoms with Crippen LogP contribution >= 0.6 is 38.9 Å². The molecule has 2 aromatic rings. The molecule has 0 radical (unpaired) electrons. The first-order valence-electron chi connectivity index (χ1n) is 4.77. The number of hydrogen-bond acceptors (Lipinski definition) is 2. The van der Waals surface area contributed by atoms with Crippen molar-refractivity contribution in [1.29, 1.82) is 0 Å². The Bertz CT molecular complexity index is 509. The molecule has 1 unspecified atom stereocenters. The van der Waals surface area contributed by atoms with E-state index in [1.54, 1.807) is 17.4 Å². The maximum Gasteiger partial charge on any atom is 0.115 e. The quantitative estimate of drug-likeness (QED) is 0.861. The maximum atomic E-state index is 10.2. The number of aryl methyl sites for hydroxylation is 1. The standard InChI is InChI=1S/C12H10BrClOS/c1-7-2-5-11(16-7)12(15)9-4-3-8(13)6-10(9)14/h2-6,12,15H,1H3. The molecule has 1 aromatic heterocycles. The second kappa shape index (κ2) is 4.88. The first-order chi connectivity index (χ1) is 7.58. The molecule has 0 bridgehead atoms. The summed E-state index contributed by atoms with van der Waals surface area (Å²) in [6, 6.07) is 9.44. The minimum atomic E-state index is -0.640. The number of rotatable bonds is 2. The van der Waals surface area contributed by atoms with Gasteiger partial charge in [-0.25, -0.2) is 0 Å². The van der Waals surface area contributed by atoms with E-state index in [9.17, 15) is 5.11 Å². The minimum Gasteiger partial charge on any atom is -0.383 e. The predicted molar refractivity (Wildman–Crippen MR) is 72.3 cm³/mol. The Morgan fingerprint density at radius 1 is 1.31 bits per heavy atom. The van der Waals surface area contributed by atoms with Crippen molar-refractivity contribution in [2.45, 2.75) is 13.0 Å². The van der Waals surface area contributed by atoms with Gasteiger partial charge >= 0.3 is 0 Å². The SMILES string of the molecule is Cc1ccc(C(O)c2ccc(Br)cc2Cl)s1. The van der Waals surface area contributed by atoms with Gasteiger partial charge in [0.25, 0.3) is 0 Å². The molecule has 0 amide bonds. The third kappa shape index (κ3) is 2.48. The van der Waals surface area contributed by atoms with E-state index in [2.05, 4.69) is 15.9 Å². The lowest BCUT2D eigenvalue weighted by atomic mass is 10.1. The molecule has 1 aromatic carbocycles. The van der Waals surface area contributed by atoms with Crippen molar-refractivity contribution >= 4 is 38.9 Å². The zero-order valence-electron chi connectivity index (χ0n) is 8.58. The van der Waals surface area contributed by atoms with Crippen LogP contribution in [-0.4, -0.2) is 5.11 Å². The van der Waals surface area contributed by atoms with Crippen LogP contribution < -0.4 is 0 Å². The Labute approximate surface area is 112 Å². The second-order valence-corrected chi connectivity index (χ2v) is 6.16. The molecule has 0 saturated carbocycles. The highest BCUT2D eigenvalue weighted by Crippen LogP contribution is 2.33. The van der Waals surface area contributed by atoms with E-state index in [0.29, 0.717) is 5.02 Å². The number of halogens is 2. The molecule has 2 rings (SSSR count). The average Bonchev–Trinajstić information content (AvgIpc) is 2.64. The summed E-state index contributed by atoms with van der Waals surface area (Å²) in [6.45, 7) is 2.02. The number of thiophene rings is 1. The summed E-state index contributed by atoms with van der Waals surface area (Å²) < 4.78 is 0.913. The highest BCUT2D eigenvalue weighted by atomic mass is 79.9. The lowest BCUT2D eigenvalue weighted by molar-refractivity contribution is 0.224. The summed E-state index contributed by atoms with van der Waals surface area (Å²) in [6.07, 6.45) is -0.640. The van der Waals surface area contributed by atoms with E-state index >= 15 is 0 Å². The van der Waals surface area contributed by atoms with Gasteiger partial charge in [0, 0.05) is 24.8 Å².